The van der Waals surface area contributed by atoms with Crippen LogP contribution in [-0.2, 0) is 13.2 Å². The third kappa shape index (κ3) is 5.13. The van der Waals surface area contributed by atoms with Crippen LogP contribution in [0.25, 0.3) is 0 Å². The average Bonchev–Trinajstić information content (AvgIpc) is 2.59. The highest BCUT2D eigenvalue weighted by atomic mass is 79.9. The molecule has 0 radical (unpaired) electrons. The molecule has 3 nitrogen and oxygen atoms in total. The van der Waals surface area contributed by atoms with Gasteiger partial charge in [-0.1, -0.05) is 36.7 Å². The molecule has 1 N–H and O–H groups in total. The zero-order valence-electron chi connectivity index (χ0n) is 14.2. The molecule has 2 rings (SSSR count). The first kappa shape index (κ1) is 19.1. The Morgan fingerprint density at radius 3 is 2.67 bits per heavy atom. The fourth-order valence-corrected chi connectivity index (χ4v) is 3.01. The molecule has 0 aliphatic rings. The van der Waals surface area contributed by atoms with Crippen LogP contribution < -0.4 is 14.8 Å². The van der Waals surface area contributed by atoms with Crippen molar-refractivity contribution >= 4 is 27.5 Å². The fraction of sp³-hybridized carbons (Fsp3) is 0.368. The predicted octanol–water partition coefficient (Wildman–Crippen LogP) is 5.58. The molecule has 0 saturated carbocycles. The highest BCUT2D eigenvalue weighted by Gasteiger charge is 2.13. The molecule has 0 fully saturated rings. The molecular weight excluding hydrogens is 390 g/mol. The molecule has 0 aromatic heterocycles. The number of hydrogen-bond acceptors (Lipinski definition) is 3. The first-order valence-electron chi connectivity index (χ1n) is 8.01. The monoisotopic (exact) mass is 411 g/mol. The Bertz CT molecular complexity index is 678. The van der Waals surface area contributed by atoms with Gasteiger partial charge in [-0.2, -0.15) is 0 Å². The number of halogens is 2. The van der Waals surface area contributed by atoms with E-state index < -0.39 is 0 Å². The Kier molecular flexibility index (Phi) is 7.40. The van der Waals surface area contributed by atoms with Crippen molar-refractivity contribution in [3.05, 3.63) is 57.0 Å². The standard InChI is InChI=1S/C19H23BrClNO2/c1-4-13(2)22-11-14-9-16(20)19(18(10-14)23-3)24-12-15-7-5-6-8-17(15)21/h5-10,13,22H,4,11-12H2,1-3H3/t13-/m1/s1. The van der Waals surface area contributed by atoms with Gasteiger partial charge >= 0.3 is 0 Å². The van der Waals surface area contributed by atoms with Crippen LogP contribution in [0.15, 0.2) is 40.9 Å². The van der Waals surface area contributed by atoms with Crippen molar-refractivity contribution in [2.45, 2.75) is 39.5 Å². The van der Waals surface area contributed by atoms with Crippen LogP contribution in [0.3, 0.4) is 0 Å². The van der Waals surface area contributed by atoms with Gasteiger partial charge < -0.3 is 14.8 Å². The second kappa shape index (κ2) is 9.30. The third-order valence-electron chi connectivity index (χ3n) is 3.89. The largest absolute Gasteiger partial charge is 0.493 e. The Morgan fingerprint density at radius 1 is 1.25 bits per heavy atom. The van der Waals surface area contributed by atoms with Crippen LogP contribution in [-0.4, -0.2) is 13.2 Å². The van der Waals surface area contributed by atoms with E-state index in [1.165, 1.54) is 0 Å². The van der Waals surface area contributed by atoms with Gasteiger partial charge in [0.2, 0.25) is 0 Å². The van der Waals surface area contributed by atoms with Crippen molar-refractivity contribution in [1.82, 2.24) is 5.32 Å². The second-order valence-electron chi connectivity index (χ2n) is 5.68. The summed E-state index contributed by atoms with van der Waals surface area (Å²) < 4.78 is 12.3. The van der Waals surface area contributed by atoms with Crippen molar-refractivity contribution in [1.29, 1.82) is 0 Å². The summed E-state index contributed by atoms with van der Waals surface area (Å²) in [6, 6.07) is 12.2. The van der Waals surface area contributed by atoms with Gasteiger partial charge in [0.25, 0.3) is 0 Å². The molecule has 0 spiro atoms. The van der Waals surface area contributed by atoms with E-state index in [0.29, 0.717) is 29.2 Å². The normalized spacial score (nSPS) is 12.0. The molecule has 0 unspecified atom stereocenters. The Hall–Kier alpha value is -1.23. The van der Waals surface area contributed by atoms with Gasteiger partial charge in [-0.05, 0) is 53.0 Å². The molecule has 130 valence electrons. The second-order valence-corrected chi connectivity index (χ2v) is 6.94. The van der Waals surface area contributed by atoms with Crippen LogP contribution in [0.5, 0.6) is 11.5 Å². The zero-order valence-corrected chi connectivity index (χ0v) is 16.6. The lowest BCUT2D eigenvalue weighted by Gasteiger charge is -2.16. The Balaban J connectivity index is 2.13. The fourth-order valence-electron chi connectivity index (χ4n) is 2.22. The van der Waals surface area contributed by atoms with E-state index in [-0.39, 0.29) is 0 Å². The van der Waals surface area contributed by atoms with Crippen molar-refractivity contribution < 1.29 is 9.47 Å². The first-order chi connectivity index (χ1) is 11.5. The topological polar surface area (TPSA) is 30.5 Å². The number of benzene rings is 2. The van der Waals surface area contributed by atoms with Gasteiger partial charge in [-0.15, -0.1) is 0 Å². The van der Waals surface area contributed by atoms with Crippen molar-refractivity contribution in [2.75, 3.05) is 7.11 Å². The molecule has 24 heavy (non-hydrogen) atoms. The summed E-state index contributed by atoms with van der Waals surface area (Å²) in [5.74, 6) is 1.39. The maximum absolute atomic E-state index is 6.18. The molecule has 0 aliphatic heterocycles. The maximum Gasteiger partial charge on any atom is 0.175 e. The SMILES string of the molecule is CC[C@@H](C)NCc1cc(Br)c(OCc2ccccc2Cl)c(OC)c1. The molecule has 2 aromatic carbocycles. The molecular formula is C19H23BrClNO2. The van der Waals surface area contributed by atoms with Gasteiger partial charge in [-0.25, -0.2) is 0 Å². The third-order valence-corrected chi connectivity index (χ3v) is 4.84. The van der Waals surface area contributed by atoms with Crippen LogP contribution in [0.2, 0.25) is 5.02 Å². The summed E-state index contributed by atoms with van der Waals surface area (Å²) in [7, 11) is 1.65. The van der Waals surface area contributed by atoms with E-state index in [1.807, 2.05) is 30.3 Å². The molecule has 2 aromatic rings. The number of hydrogen-bond donors (Lipinski definition) is 1. The number of nitrogens with one attached hydrogen (secondary N) is 1. The average molecular weight is 413 g/mol. The molecule has 0 heterocycles. The zero-order chi connectivity index (χ0) is 17.5. The van der Waals surface area contributed by atoms with E-state index in [0.717, 1.165) is 28.6 Å². The van der Waals surface area contributed by atoms with Gasteiger partial charge in [-0.3, -0.25) is 0 Å². The molecule has 1 atom stereocenters. The highest BCUT2D eigenvalue weighted by molar-refractivity contribution is 9.10. The van der Waals surface area contributed by atoms with E-state index in [9.17, 15) is 0 Å². The minimum atomic E-state index is 0.388. The molecule has 0 amide bonds. The predicted molar refractivity (Wildman–Crippen MR) is 103 cm³/mol. The summed E-state index contributed by atoms with van der Waals surface area (Å²) >= 11 is 9.77. The lowest BCUT2D eigenvalue weighted by molar-refractivity contribution is 0.282. The van der Waals surface area contributed by atoms with Gasteiger partial charge in [0, 0.05) is 23.2 Å². The minimum Gasteiger partial charge on any atom is -0.493 e. The number of ether oxygens (including phenoxy) is 2. The maximum atomic E-state index is 6.18. The smallest absolute Gasteiger partial charge is 0.175 e. The number of methoxy groups -OCH3 is 1. The van der Waals surface area contributed by atoms with Crippen molar-refractivity contribution in [3.63, 3.8) is 0 Å². The summed E-state index contributed by atoms with van der Waals surface area (Å²) in [5, 5.41) is 4.17. The van der Waals surface area contributed by atoms with E-state index in [2.05, 4.69) is 41.2 Å². The van der Waals surface area contributed by atoms with Crippen molar-refractivity contribution in [3.8, 4) is 11.5 Å². The summed E-state index contributed by atoms with van der Waals surface area (Å²) in [5.41, 5.74) is 2.08. The quantitative estimate of drug-likeness (QED) is 0.614. The molecule has 0 bridgehead atoms. The van der Waals surface area contributed by atoms with E-state index >= 15 is 0 Å². The molecule has 0 saturated heterocycles. The number of rotatable bonds is 8. The highest BCUT2D eigenvalue weighted by Crippen LogP contribution is 2.37. The van der Waals surface area contributed by atoms with Gasteiger partial charge in [0.05, 0.1) is 11.6 Å². The molecule has 5 heteroatoms. The summed E-state index contributed by atoms with van der Waals surface area (Å²) in [6.45, 7) is 5.51. The minimum absolute atomic E-state index is 0.388. The first-order valence-corrected chi connectivity index (χ1v) is 9.18. The summed E-state index contributed by atoms with van der Waals surface area (Å²) in [6.07, 6.45) is 1.09. The van der Waals surface area contributed by atoms with Crippen LogP contribution in [0.1, 0.15) is 31.4 Å². The van der Waals surface area contributed by atoms with E-state index in [1.54, 1.807) is 7.11 Å². The van der Waals surface area contributed by atoms with Crippen molar-refractivity contribution in [2.24, 2.45) is 0 Å². The van der Waals surface area contributed by atoms with E-state index in [4.69, 9.17) is 21.1 Å². The lowest BCUT2D eigenvalue weighted by atomic mass is 10.1. The van der Waals surface area contributed by atoms with Gasteiger partial charge in [0.1, 0.15) is 6.61 Å². The lowest BCUT2D eigenvalue weighted by Crippen LogP contribution is -2.24. The Morgan fingerprint density at radius 2 is 2.00 bits per heavy atom. The molecule has 0 aliphatic carbocycles. The van der Waals surface area contributed by atoms with Gasteiger partial charge in [0.15, 0.2) is 11.5 Å². The summed E-state index contributed by atoms with van der Waals surface area (Å²) in [4.78, 5) is 0. The van der Waals surface area contributed by atoms with Crippen LogP contribution >= 0.6 is 27.5 Å². The Labute approximate surface area is 157 Å². The van der Waals surface area contributed by atoms with Crippen LogP contribution in [0.4, 0.5) is 0 Å². The van der Waals surface area contributed by atoms with Crippen LogP contribution in [0, 0.1) is 0 Å².